The van der Waals surface area contributed by atoms with Crippen molar-refractivity contribution in [2.45, 2.75) is 11.6 Å². The van der Waals surface area contributed by atoms with Crippen LogP contribution in [0.4, 0.5) is 13.2 Å². The highest BCUT2D eigenvalue weighted by Gasteiger charge is 2.41. The second kappa shape index (κ2) is 3.59. The van der Waals surface area contributed by atoms with Crippen LogP contribution < -0.4 is 0 Å². The van der Waals surface area contributed by atoms with Crippen LogP contribution >= 0.6 is 11.6 Å². The van der Waals surface area contributed by atoms with Gasteiger partial charge in [0.15, 0.2) is 5.78 Å². The van der Waals surface area contributed by atoms with Crippen LogP contribution in [0.2, 0.25) is 0 Å². The molecule has 0 aromatic heterocycles. The van der Waals surface area contributed by atoms with E-state index in [-0.39, 0.29) is 11.3 Å². The van der Waals surface area contributed by atoms with Gasteiger partial charge in [-0.2, -0.15) is 13.2 Å². The van der Waals surface area contributed by atoms with E-state index in [0.717, 1.165) is 18.4 Å². The molecule has 84 valence electrons. The first-order valence-corrected chi connectivity index (χ1v) is 4.77. The molecule has 1 heterocycles. The van der Waals surface area contributed by atoms with Gasteiger partial charge in [-0.25, -0.2) is 0 Å². The minimum absolute atomic E-state index is 0.0858. The topological polar surface area (TPSA) is 29.4 Å². The van der Waals surface area contributed by atoms with Gasteiger partial charge in [0.2, 0.25) is 0 Å². The van der Waals surface area contributed by atoms with E-state index < -0.39 is 22.9 Å². The van der Waals surface area contributed by atoms with E-state index in [1.54, 1.807) is 0 Å². The van der Waals surface area contributed by atoms with Crippen molar-refractivity contribution in [3.63, 3.8) is 0 Å². The Morgan fingerprint density at radius 1 is 1.31 bits per heavy atom. The molecule has 1 atom stereocenters. The summed E-state index contributed by atoms with van der Waals surface area (Å²) in [5.41, 5.74) is -1.39. The van der Waals surface area contributed by atoms with Gasteiger partial charge >= 0.3 is 6.18 Å². The molecular formula is C10H5ClF3NO. The number of allylic oxidation sites excluding steroid dienone is 5. The van der Waals surface area contributed by atoms with Crippen molar-refractivity contribution >= 4 is 23.1 Å². The van der Waals surface area contributed by atoms with Crippen molar-refractivity contribution in [2.24, 2.45) is 4.99 Å². The van der Waals surface area contributed by atoms with E-state index in [4.69, 9.17) is 11.6 Å². The van der Waals surface area contributed by atoms with Gasteiger partial charge in [-0.3, -0.25) is 9.79 Å². The van der Waals surface area contributed by atoms with Crippen LogP contribution in [0.3, 0.4) is 0 Å². The molecule has 6 heteroatoms. The lowest BCUT2D eigenvalue weighted by Crippen LogP contribution is -2.29. The third kappa shape index (κ3) is 1.82. The Morgan fingerprint density at radius 3 is 2.62 bits per heavy atom. The van der Waals surface area contributed by atoms with E-state index in [0.29, 0.717) is 0 Å². The Hall–Kier alpha value is -1.36. The SMILES string of the molecule is O=C1C=CN=C2C1=CC(Cl)C=C2C(F)(F)F. The zero-order chi connectivity index (χ0) is 11.9. The van der Waals surface area contributed by atoms with Crippen LogP contribution in [0.15, 0.2) is 40.6 Å². The molecule has 1 unspecified atom stereocenters. The molecule has 2 rings (SSSR count). The number of fused-ring (bicyclic) bond motifs is 1. The number of ketones is 1. The zero-order valence-corrected chi connectivity index (χ0v) is 8.51. The van der Waals surface area contributed by atoms with Gasteiger partial charge in [-0.05, 0) is 12.2 Å². The molecule has 16 heavy (non-hydrogen) atoms. The van der Waals surface area contributed by atoms with Gasteiger partial charge in [0.1, 0.15) is 0 Å². The Balaban J connectivity index is 2.53. The summed E-state index contributed by atoms with van der Waals surface area (Å²) in [5.74, 6) is -0.509. The van der Waals surface area contributed by atoms with Crippen molar-refractivity contribution in [3.05, 3.63) is 35.6 Å². The fourth-order valence-corrected chi connectivity index (χ4v) is 1.76. The average Bonchev–Trinajstić information content (AvgIpc) is 2.17. The molecule has 2 aliphatic rings. The van der Waals surface area contributed by atoms with Gasteiger partial charge in [0, 0.05) is 17.8 Å². The van der Waals surface area contributed by atoms with Gasteiger partial charge in [-0.1, -0.05) is 0 Å². The van der Waals surface area contributed by atoms with Gasteiger partial charge in [0.05, 0.1) is 16.7 Å². The van der Waals surface area contributed by atoms with Gasteiger partial charge in [0.25, 0.3) is 0 Å². The van der Waals surface area contributed by atoms with Crippen LogP contribution in [0.1, 0.15) is 0 Å². The molecule has 1 aliphatic carbocycles. The average molecular weight is 248 g/mol. The first-order chi connectivity index (χ1) is 7.39. The van der Waals surface area contributed by atoms with E-state index in [9.17, 15) is 18.0 Å². The highest BCUT2D eigenvalue weighted by Crippen LogP contribution is 2.34. The lowest BCUT2D eigenvalue weighted by Gasteiger charge is -2.21. The molecule has 0 bridgehead atoms. The maximum absolute atomic E-state index is 12.6. The fourth-order valence-electron chi connectivity index (χ4n) is 1.51. The lowest BCUT2D eigenvalue weighted by molar-refractivity contribution is -0.111. The third-order valence-corrected chi connectivity index (χ3v) is 2.41. The molecule has 0 aromatic rings. The lowest BCUT2D eigenvalue weighted by atomic mass is 9.91. The second-order valence-corrected chi connectivity index (χ2v) is 3.76. The maximum Gasteiger partial charge on any atom is 0.418 e. The normalized spacial score (nSPS) is 24.6. The van der Waals surface area contributed by atoms with Crippen LogP contribution in [0.25, 0.3) is 0 Å². The van der Waals surface area contributed by atoms with E-state index in [1.165, 1.54) is 6.08 Å². The fraction of sp³-hybridized carbons (Fsp3) is 0.200. The molecular weight excluding hydrogens is 243 g/mol. The van der Waals surface area contributed by atoms with E-state index in [1.807, 2.05) is 0 Å². The Morgan fingerprint density at radius 2 is 2.00 bits per heavy atom. The Kier molecular flexibility index (Phi) is 2.50. The van der Waals surface area contributed by atoms with Crippen molar-refractivity contribution in [2.75, 3.05) is 0 Å². The molecule has 0 aromatic carbocycles. The molecule has 2 nitrogen and oxygen atoms in total. The molecule has 0 N–H and O–H groups in total. The number of aliphatic imine (C=N–C) groups is 1. The first kappa shape index (κ1) is 11.1. The molecule has 0 fully saturated rings. The number of hydrogen-bond acceptors (Lipinski definition) is 2. The number of carbonyl (C=O) groups is 1. The largest absolute Gasteiger partial charge is 0.418 e. The summed E-state index contributed by atoms with van der Waals surface area (Å²) in [5, 5.41) is -0.943. The number of carbonyl (C=O) groups excluding carboxylic acids is 1. The molecule has 0 spiro atoms. The quantitative estimate of drug-likeness (QED) is 0.605. The molecule has 0 radical (unpaired) electrons. The number of rotatable bonds is 0. The number of nitrogens with zero attached hydrogens (tertiary/aromatic N) is 1. The Bertz CT molecular complexity index is 471. The summed E-state index contributed by atoms with van der Waals surface area (Å²) < 4.78 is 37.9. The van der Waals surface area contributed by atoms with Crippen molar-refractivity contribution in [1.29, 1.82) is 0 Å². The number of halogens is 4. The standard InChI is InChI=1S/C10H5ClF3NO/c11-5-3-6-8(16)1-2-15-9(6)7(4-5)10(12,13)14/h1-5H. The van der Waals surface area contributed by atoms with Crippen molar-refractivity contribution in [3.8, 4) is 0 Å². The van der Waals surface area contributed by atoms with Crippen LogP contribution in [0, 0.1) is 0 Å². The predicted octanol–water partition coefficient (Wildman–Crippen LogP) is 2.56. The van der Waals surface area contributed by atoms with Gasteiger partial charge < -0.3 is 0 Å². The van der Waals surface area contributed by atoms with E-state index in [2.05, 4.69) is 4.99 Å². The molecule has 1 aliphatic heterocycles. The third-order valence-electron chi connectivity index (χ3n) is 2.16. The first-order valence-electron chi connectivity index (χ1n) is 4.34. The highest BCUT2D eigenvalue weighted by molar-refractivity contribution is 6.36. The van der Waals surface area contributed by atoms with Crippen LogP contribution in [-0.4, -0.2) is 23.0 Å². The second-order valence-electron chi connectivity index (χ2n) is 3.26. The zero-order valence-electron chi connectivity index (χ0n) is 7.75. The summed E-state index contributed by atoms with van der Waals surface area (Å²) in [6.07, 6.45) is -0.282. The smallest absolute Gasteiger partial charge is 0.289 e. The Labute approximate surface area is 93.8 Å². The summed E-state index contributed by atoms with van der Waals surface area (Å²) in [7, 11) is 0. The summed E-state index contributed by atoms with van der Waals surface area (Å²) >= 11 is 5.62. The summed E-state index contributed by atoms with van der Waals surface area (Å²) in [6.45, 7) is 0. The van der Waals surface area contributed by atoms with Crippen molar-refractivity contribution in [1.82, 2.24) is 0 Å². The molecule has 0 saturated heterocycles. The summed E-state index contributed by atoms with van der Waals surface area (Å²) in [4.78, 5) is 14.9. The molecule has 0 saturated carbocycles. The number of alkyl halides is 4. The van der Waals surface area contributed by atoms with Crippen LogP contribution in [-0.2, 0) is 4.79 Å². The maximum atomic E-state index is 12.6. The minimum Gasteiger partial charge on any atom is -0.289 e. The van der Waals surface area contributed by atoms with Gasteiger partial charge in [-0.15, -0.1) is 11.6 Å². The predicted molar refractivity (Wildman–Crippen MR) is 53.4 cm³/mol. The monoisotopic (exact) mass is 247 g/mol. The van der Waals surface area contributed by atoms with Crippen LogP contribution in [0.5, 0.6) is 0 Å². The molecule has 0 amide bonds. The summed E-state index contributed by atoms with van der Waals surface area (Å²) in [6, 6.07) is 0. The van der Waals surface area contributed by atoms with Crippen molar-refractivity contribution < 1.29 is 18.0 Å². The minimum atomic E-state index is -4.56. The number of hydrogen-bond donors (Lipinski definition) is 0. The highest BCUT2D eigenvalue weighted by atomic mass is 35.5. The van der Waals surface area contributed by atoms with E-state index >= 15 is 0 Å².